The summed E-state index contributed by atoms with van der Waals surface area (Å²) in [6, 6.07) is 12.8. The Hall–Kier alpha value is -2.79. The van der Waals surface area contributed by atoms with Crippen LogP contribution in [0.5, 0.6) is 5.75 Å². The Morgan fingerprint density at radius 1 is 1.20 bits per heavy atom. The van der Waals surface area contributed by atoms with Gasteiger partial charge in [0, 0.05) is 17.3 Å². The van der Waals surface area contributed by atoms with Crippen molar-refractivity contribution in [1.82, 2.24) is 4.98 Å². The Bertz CT molecular complexity index is 910. The van der Waals surface area contributed by atoms with Crippen molar-refractivity contribution >= 4 is 39.8 Å². The topological polar surface area (TPSA) is 60.5 Å². The van der Waals surface area contributed by atoms with E-state index in [2.05, 4.69) is 10.3 Å². The highest BCUT2D eigenvalue weighted by Gasteiger charge is 2.18. The normalized spacial score (nSPS) is 10.5. The van der Waals surface area contributed by atoms with Crippen LogP contribution in [0.3, 0.4) is 0 Å². The number of aromatic nitrogens is 1. The number of rotatable bonds is 5. The number of para-hydroxylation sites is 1. The lowest BCUT2D eigenvalue weighted by Gasteiger charge is -2.15. The number of pyridine rings is 1. The summed E-state index contributed by atoms with van der Waals surface area (Å²) < 4.78 is 10.3. The molecule has 0 atom stereocenters. The number of halogens is 1. The first kappa shape index (κ1) is 17.0. The second-order valence-corrected chi connectivity index (χ2v) is 5.66. The molecule has 0 aliphatic heterocycles. The molecule has 6 heteroatoms. The summed E-state index contributed by atoms with van der Waals surface area (Å²) in [6.07, 6.45) is 1.48. The van der Waals surface area contributed by atoms with Crippen molar-refractivity contribution in [1.29, 1.82) is 0 Å². The average Bonchev–Trinajstić information content (AvgIpc) is 2.63. The summed E-state index contributed by atoms with van der Waals surface area (Å²) in [7, 11) is 1.61. The highest BCUT2D eigenvalue weighted by molar-refractivity contribution is 6.35. The van der Waals surface area contributed by atoms with Crippen molar-refractivity contribution in [2.24, 2.45) is 0 Å². The number of methoxy groups -OCH3 is 1. The van der Waals surface area contributed by atoms with Crippen LogP contribution in [0.1, 0.15) is 17.3 Å². The van der Waals surface area contributed by atoms with Crippen LogP contribution in [-0.4, -0.2) is 24.7 Å². The van der Waals surface area contributed by atoms with Crippen molar-refractivity contribution in [3.8, 4) is 5.75 Å². The van der Waals surface area contributed by atoms with Crippen LogP contribution >= 0.6 is 11.6 Å². The molecule has 0 radical (unpaired) electrons. The molecule has 1 aromatic heterocycles. The first-order valence-corrected chi connectivity index (χ1v) is 8.17. The van der Waals surface area contributed by atoms with Gasteiger partial charge in [-0.15, -0.1) is 0 Å². The number of ether oxygens (including phenoxy) is 2. The van der Waals surface area contributed by atoms with E-state index in [1.165, 1.54) is 6.20 Å². The lowest BCUT2D eigenvalue weighted by atomic mass is 10.1. The highest BCUT2D eigenvalue weighted by atomic mass is 35.5. The minimum absolute atomic E-state index is 0.286. The molecule has 25 heavy (non-hydrogen) atoms. The molecular formula is C19H17ClN2O3. The van der Waals surface area contributed by atoms with Crippen molar-refractivity contribution in [3.63, 3.8) is 0 Å². The van der Waals surface area contributed by atoms with Crippen molar-refractivity contribution in [2.75, 3.05) is 19.0 Å². The maximum Gasteiger partial charge on any atom is 0.341 e. The summed E-state index contributed by atoms with van der Waals surface area (Å²) in [5.74, 6) is 0.312. The van der Waals surface area contributed by atoms with Gasteiger partial charge in [-0.2, -0.15) is 0 Å². The third-order valence-electron chi connectivity index (χ3n) is 3.70. The summed E-state index contributed by atoms with van der Waals surface area (Å²) >= 11 is 6.24. The molecule has 3 aromatic rings. The molecule has 0 spiro atoms. The zero-order chi connectivity index (χ0) is 17.8. The largest absolute Gasteiger partial charge is 0.497 e. The number of nitrogens with zero attached hydrogens (tertiary/aromatic N) is 1. The first-order chi connectivity index (χ1) is 12.1. The lowest BCUT2D eigenvalue weighted by molar-refractivity contribution is 0.0527. The number of fused-ring (bicyclic) bond motifs is 1. The lowest BCUT2D eigenvalue weighted by Crippen LogP contribution is -2.09. The fourth-order valence-corrected chi connectivity index (χ4v) is 2.73. The Morgan fingerprint density at radius 3 is 2.64 bits per heavy atom. The minimum Gasteiger partial charge on any atom is -0.497 e. The molecule has 0 bridgehead atoms. The first-order valence-electron chi connectivity index (χ1n) is 7.79. The predicted octanol–water partition coefficient (Wildman–Crippen LogP) is 4.82. The number of anilines is 2. The van der Waals surface area contributed by atoms with E-state index < -0.39 is 5.97 Å². The fourth-order valence-electron chi connectivity index (χ4n) is 2.50. The van der Waals surface area contributed by atoms with Crippen LogP contribution in [0, 0.1) is 0 Å². The molecule has 2 aromatic carbocycles. The molecule has 1 heterocycles. The number of carbonyl (C=O) groups is 1. The van der Waals surface area contributed by atoms with Crippen LogP contribution in [0.25, 0.3) is 10.9 Å². The molecule has 3 rings (SSSR count). The molecule has 0 aliphatic carbocycles. The molecule has 0 aliphatic rings. The van der Waals surface area contributed by atoms with Gasteiger partial charge >= 0.3 is 5.97 Å². The summed E-state index contributed by atoms with van der Waals surface area (Å²) in [4.78, 5) is 16.7. The molecule has 128 valence electrons. The third-order valence-corrected chi connectivity index (χ3v) is 4.01. The molecule has 1 N–H and O–H groups in total. The number of nitrogens with one attached hydrogen (secondary N) is 1. The van der Waals surface area contributed by atoms with E-state index in [1.54, 1.807) is 20.1 Å². The van der Waals surface area contributed by atoms with E-state index in [9.17, 15) is 4.79 Å². The Kier molecular flexibility index (Phi) is 5.05. The second-order valence-electron chi connectivity index (χ2n) is 5.26. The smallest absolute Gasteiger partial charge is 0.341 e. The van der Waals surface area contributed by atoms with Crippen molar-refractivity contribution in [2.45, 2.75) is 6.92 Å². The van der Waals surface area contributed by atoms with E-state index in [0.717, 1.165) is 16.8 Å². The number of hydrogen-bond acceptors (Lipinski definition) is 5. The van der Waals surface area contributed by atoms with Crippen molar-refractivity contribution < 1.29 is 14.3 Å². The van der Waals surface area contributed by atoms with Crippen LogP contribution in [0.2, 0.25) is 5.02 Å². The zero-order valence-corrected chi connectivity index (χ0v) is 14.6. The monoisotopic (exact) mass is 356 g/mol. The summed E-state index contributed by atoms with van der Waals surface area (Å²) in [5, 5.41) is 4.54. The highest BCUT2D eigenvalue weighted by Crippen LogP contribution is 2.33. The minimum atomic E-state index is -0.437. The Balaban J connectivity index is 2.12. The molecule has 0 fully saturated rings. The Morgan fingerprint density at radius 2 is 1.96 bits per heavy atom. The summed E-state index contributed by atoms with van der Waals surface area (Å²) in [5.41, 5.74) is 2.38. The van der Waals surface area contributed by atoms with Crippen LogP contribution < -0.4 is 10.1 Å². The molecule has 0 saturated heterocycles. The molecule has 0 amide bonds. The molecule has 0 unspecified atom stereocenters. The van der Waals surface area contributed by atoms with Crippen LogP contribution in [0.4, 0.5) is 11.4 Å². The van der Waals surface area contributed by atoms with Gasteiger partial charge in [0.25, 0.3) is 0 Å². The van der Waals surface area contributed by atoms with E-state index in [0.29, 0.717) is 21.8 Å². The number of carbonyl (C=O) groups excluding carboxylic acids is 1. The van der Waals surface area contributed by atoms with Gasteiger partial charge in [-0.1, -0.05) is 23.7 Å². The summed E-state index contributed by atoms with van der Waals surface area (Å²) in [6.45, 7) is 2.05. The third kappa shape index (κ3) is 3.51. The van der Waals surface area contributed by atoms with Crippen LogP contribution in [0.15, 0.2) is 48.7 Å². The van der Waals surface area contributed by atoms with Gasteiger partial charge in [0.15, 0.2) is 0 Å². The number of benzene rings is 2. The van der Waals surface area contributed by atoms with E-state index >= 15 is 0 Å². The Labute approximate surface area is 150 Å². The molecular weight excluding hydrogens is 340 g/mol. The average molecular weight is 357 g/mol. The van der Waals surface area contributed by atoms with E-state index in [-0.39, 0.29) is 6.61 Å². The van der Waals surface area contributed by atoms with Gasteiger partial charge in [-0.05, 0) is 37.3 Å². The number of esters is 1. The van der Waals surface area contributed by atoms with Gasteiger partial charge in [0.2, 0.25) is 0 Å². The van der Waals surface area contributed by atoms with Crippen molar-refractivity contribution in [3.05, 3.63) is 59.2 Å². The quantitative estimate of drug-likeness (QED) is 0.664. The van der Waals surface area contributed by atoms with Gasteiger partial charge in [0.1, 0.15) is 11.3 Å². The number of hydrogen-bond donors (Lipinski definition) is 1. The van der Waals surface area contributed by atoms with Gasteiger partial charge in [-0.25, -0.2) is 4.79 Å². The predicted molar refractivity (Wildman–Crippen MR) is 99.0 cm³/mol. The van der Waals surface area contributed by atoms with Gasteiger partial charge in [0.05, 0.1) is 29.9 Å². The standard InChI is InChI=1S/C19H17ClN2O3/c1-3-25-19(23)15-11-21-18-14(5-4-6-16(18)20)17(15)22-12-7-9-13(24-2)10-8-12/h4-11H,3H2,1-2H3,(H,21,22). The SMILES string of the molecule is CCOC(=O)c1cnc2c(Cl)cccc2c1Nc1ccc(OC)cc1. The maximum absolute atomic E-state index is 12.3. The zero-order valence-electron chi connectivity index (χ0n) is 13.9. The second kappa shape index (κ2) is 7.40. The van der Waals surface area contributed by atoms with Crippen LogP contribution in [-0.2, 0) is 4.74 Å². The van der Waals surface area contributed by atoms with E-state index in [4.69, 9.17) is 21.1 Å². The molecule has 5 nitrogen and oxygen atoms in total. The van der Waals surface area contributed by atoms with E-state index in [1.807, 2.05) is 36.4 Å². The fraction of sp³-hybridized carbons (Fsp3) is 0.158. The van der Waals surface area contributed by atoms with Gasteiger partial charge in [-0.3, -0.25) is 4.98 Å². The maximum atomic E-state index is 12.3. The molecule has 0 saturated carbocycles. The van der Waals surface area contributed by atoms with Gasteiger partial charge < -0.3 is 14.8 Å².